The molecule has 122 valence electrons. The molecule has 1 rings (SSSR count). The molecule has 0 aromatic carbocycles. The maximum absolute atomic E-state index is 12.1. The zero-order valence-corrected chi connectivity index (χ0v) is 12.5. The largest absolute Gasteiger partial charge is 0.526 e. The van der Waals surface area contributed by atoms with Gasteiger partial charge in [0.05, 0.1) is 0 Å². The van der Waals surface area contributed by atoms with E-state index in [1.807, 2.05) is 20.8 Å². The van der Waals surface area contributed by atoms with Gasteiger partial charge < -0.3 is 0 Å². The van der Waals surface area contributed by atoms with Gasteiger partial charge in [-0.05, 0) is 22.6 Å². The molecule has 10 heteroatoms. The third kappa shape index (κ3) is 4.34. The fourth-order valence-corrected chi connectivity index (χ4v) is 2.10. The van der Waals surface area contributed by atoms with E-state index in [0.29, 0.717) is 12.8 Å². The van der Waals surface area contributed by atoms with Gasteiger partial charge in [-0.1, -0.05) is 26.8 Å². The molecule has 1 amide bonds. The second kappa shape index (κ2) is 5.84. The van der Waals surface area contributed by atoms with E-state index in [1.54, 1.807) is 6.08 Å². The van der Waals surface area contributed by atoms with Gasteiger partial charge in [-0.2, -0.15) is 21.6 Å². The first kappa shape index (κ1) is 17.8. The van der Waals surface area contributed by atoms with Crippen LogP contribution in [0.3, 0.4) is 0 Å². The number of carbonyl (C=O) groups is 1. The van der Waals surface area contributed by atoms with Crippen LogP contribution in [0.4, 0.5) is 18.0 Å². The summed E-state index contributed by atoms with van der Waals surface area (Å²) in [6, 6.07) is -0.354. The quantitative estimate of drug-likeness (QED) is 0.442. The molecule has 0 saturated carbocycles. The summed E-state index contributed by atoms with van der Waals surface area (Å²) in [5, 5.41) is 0. The maximum atomic E-state index is 12.1. The van der Waals surface area contributed by atoms with Crippen molar-refractivity contribution in [3.05, 3.63) is 12.3 Å². The van der Waals surface area contributed by atoms with Crippen LogP contribution in [-0.4, -0.2) is 31.0 Å². The van der Waals surface area contributed by atoms with E-state index < -0.39 is 21.7 Å². The summed E-state index contributed by atoms with van der Waals surface area (Å²) in [6.07, 6.45) is 2.90. The van der Waals surface area contributed by atoms with Gasteiger partial charge in [0.25, 0.3) is 0 Å². The van der Waals surface area contributed by atoms with Crippen LogP contribution in [0.15, 0.2) is 12.3 Å². The monoisotopic (exact) mass is 331 g/mol. The zero-order valence-electron chi connectivity index (χ0n) is 11.7. The standard InChI is InChI=1S/C11H16F3NO5S/c1-10(2,3)8-6-4-5-7-15(8)9(16)19-20-21(17,18)11(12,13)14/h5,7-8H,4,6H2,1-3H3. The molecule has 0 aliphatic carbocycles. The van der Waals surface area contributed by atoms with E-state index in [9.17, 15) is 26.4 Å². The Morgan fingerprint density at radius 2 is 1.86 bits per heavy atom. The number of amides is 1. The second-order valence-corrected chi connectivity index (χ2v) is 7.08. The van der Waals surface area contributed by atoms with Crippen LogP contribution in [0.5, 0.6) is 0 Å². The molecule has 1 aliphatic rings. The minimum absolute atomic E-state index is 0.354. The highest BCUT2D eigenvalue weighted by Gasteiger charge is 2.49. The fourth-order valence-electron chi connectivity index (χ4n) is 1.88. The number of hydrogen-bond donors (Lipinski definition) is 0. The van der Waals surface area contributed by atoms with Crippen molar-refractivity contribution < 1.29 is 35.6 Å². The maximum Gasteiger partial charge on any atom is 0.526 e. The second-order valence-electron chi connectivity index (χ2n) is 5.57. The van der Waals surface area contributed by atoms with E-state index in [4.69, 9.17) is 0 Å². The number of alkyl halides is 3. The molecule has 1 aliphatic heterocycles. The molecule has 0 aromatic heterocycles. The topological polar surface area (TPSA) is 72.9 Å². The highest BCUT2D eigenvalue weighted by molar-refractivity contribution is 7.87. The Kier molecular flexibility index (Phi) is 4.94. The van der Waals surface area contributed by atoms with Crippen molar-refractivity contribution in [2.24, 2.45) is 5.41 Å². The molecule has 1 unspecified atom stereocenters. The summed E-state index contributed by atoms with van der Waals surface area (Å²) in [5.41, 5.74) is -6.03. The summed E-state index contributed by atoms with van der Waals surface area (Å²) < 4.78 is 60.8. The van der Waals surface area contributed by atoms with E-state index in [2.05, 4.69) is 9.22 Å². The summed E-state index contributed by atoms with van der Waals surface area (Å²) >= 11 is 0. The van der Waals surface area contributed by atoms with Crippen LogP contribution in [-0.2, 0) is 19.3 Å². The Hall–Kier alpha value is -1.29. The van der Waals surface area contributed by atoms with Crippen molar-refractivity contribution in [2.45, 2.75) is 45.2 Å². The first-order chi connectivity index (χ1) is 9.36. The van der Waals surface area contributed by atoms with Gasteiger partial charge in [0.1, 0.15) is 0 Å². The van der Waals surface area contributed by atoms with E-state index >= 15 is 0 Å². The van der Waals surface area contributed by atoms with Gasteiger partial charge in [-0.15, -0.1) is 0 Å². The molecule has 0 saturated heterocycles. The summed E-state index contributed by atoms with van der Waals surface area (Å²) in [7, 11) is -5.98. The third-order valence-electron chi connectivity index (χ3n) is 2.90. The minimum Gasteiger partial charge on any atom is -0.279 e. The van der Waals surface area contributed by atoms with Crippen molar-refractivity contribution in [1.82, 2.24) is 4.90 Å². The van der Waals surface area contributed by atoms with Crippen molar-refractivity contribution in [3.63, 3.8) is 0 Å². The first-order valence-corrected chi connectivity index (χ1v) is 7.43. The molecule has 21 heavy (non-hydrogen) atoms. The molecule has 0 spiro atoms. The number of rotatable bonds is 2. The fraction of sp³-hybridized carbons (Fsp3) is 0.727. The molecule has 6 nitrogen and oxygen atoms in total. The average Bonchev–Trinajstić information content (AvgIpc) is 2.33. The highest BCUT2D eigenvalue weighted by Crippen LogP contribution is 2.32. The smallest absolute Gasteiger partial charge is 0.279 e. The minimum atomic E-state index is -5.98. The summed E-state index contributed by atoms with van der Waals surface area (Å²) in [5.74, 6) is 0. The van der Waals surface area contributed by atoms with Crippen molar-refractivity contribution >= 4 is 16.2 Å². The number of hydrogen-bond acceptors (Lipinski definition) is 5. The molecule has 0 aromatic rings. The molecule has 0 fully saturated rings. The third-order valence-corrected chi connectivity index (χ3v) is 3.71. The van der Waals surface area contributed by atoms with Gasteiger partial charge in [0.15, 0.2) is 0 Å². The SMILES string of the molecule is CC(C)(C)C1CCC=CN1C(=O)OOS(=O)(=O)C(F)(F)F. The van der Waals surface area contributed by atoms with Gasteiger partial charge >= 0.3 is 21.7 Å². The predicted molar refractivity (Wildman–Crippen MR) is 66.0 cm³/mol. The van der Waals surface area contributed by atoms with Crippen LogP contribution in [0.1, 0.15) is 33.6 Å². The first-order valence-electron chi connectivity index (χ1n) is 6.02. The van der Waals surface area contributed by atoms with Crippen molar-refractivity contribution in [1.29, 1.82) is 0 Å². The molecular weight excluding hydrogens is 315 g/mol. The number of allylic oxidation sites excluding steroid dienone is 1. The molecule has 0 radical (unpaired) electrons. The summed E-state index contributed by atoms with van der Waals surface area (Å²) in [4.78, 5) is 16.6. The Morgan fingerprint density at radius 3 is 2.33 bits per heavy atom. The number of halogens is 3. The number of nitrogens with zero attached hydrogens (tertiary/aromatic N) is 1. The lowest BCUT2D eigenvalue weighted by molar-refractivity contribution is -0.169. The van der Waals surface area contributed by atoms with Gasteiger partial charge in [0.2, 0.25) is 0 Å². The van der Waals surface area contributed by atoms with Crippen molar-refractivity contribution in [3.8, 4) is 0 Å². The lowest BCUT2D eigenvalue weighted by Crippen LogP contribution is -2.46. The van der Waals surface area contributed by atoms with Crippen LogP contribution in [0, 0.1) is 5.41 Å². The van der Waals surface area contributed by atoms with E-state index in [-0.39, 0.29) is 11.5 Å². The molecule has 1 heterocycles. The van der Waals surface area contributed by atoms with Crippen LogP contribution < -0.4 is 0 Å². The zero-order chi connectivity index (χ0) is 16.5. The lowest BCUT2D eigenvalue weighted by atomic mass is 9.82. The van der Waals surface area contributed by atoms with Crippen LogP contribution >= 0.6 is 0 Å². The molecule has 0 N–H and O–H groups in total. The Balaban J connectivity index is 2.79. The Bertz CT molecular complexity index is 521. The van der Waals surface area contributed by atoms with Gasteiger partial charge in [-0.25, -0.2) is 4.79 Å². The van der Waals surface area contributed by atoms with Crippen LogP contribution in [0.25, 0.3) is 0 Å². The van der Waals surface area contributed by atoms with E-state index in [0.717, 1.165) is 4.90 Å². The molecular formula is C11H16F3NO5S. The van der Waals surface area contributed by atoms with E-state index in [1.165, 1.54) is 6.20 Å². The van der Waals surface area contributed by atoms with Crippen molar-refractivity contribution in [2.75, 3.05) is 0 Å². The molecule has 0 bridgehead atoms. The predicted octanol–water partition coefficient (Wildman–Crippen LogP) is 2.93. The Morgan fingerprint density at radius 1 is 1.29 bits per heavy atom. The molecule has 1 atom stereocenters. The average molecular weight is 331 g/mol. The Labute approximate surface area is 120 Å². The normalized spacial score (nSPS) is 20.5. The number of carbonyl (C=O) groups excluding carboxylic acids is 1. The van der Waals surface area contributed by atoms with Crippen LogP contribution in [0.2, 0.25) is 0 Å². The highest BCUT2D eigenvalue weighted by atomic mass is 32.2. The lowest BCUT2D eigenvalue weighted by Gasteiger charge is -2.39. The van der Waals surface area contributed by atoms with Gasteiger partial charge in [-0.3, -0.25) is 9.79 Å². The van der Waals surface area contributed by atoms with Gasteiger partial charge in [0, 0.05) is 12.2 Å². The summed E-state index contributed by atoms with van der Waals surface area (Å²) in [6.45, 7) is 5.51.